The first-order valence-electron chi connectivity index (χ1n) is 11.8. The molecule has 1 aromatic heterocycles. The summed E-state index contributed by atoms with van der Waals surface area (Å²) in [4.78, 5) is 52.2. The maximum Gasteiger partial charge on any atom is 0.266 e. The first-order valence-corrected chi connectivity index (χ1v) is 11.8. The van der Waals surface area contributed by atoms with E-state index in [1.54, 1.807) is 24.1 Å². The first-order chi connectivity index (χ1) is 17.3. The number of carbonyl (C=O) groups is 2. The van der Waals surface area contributed by atoms with Gasteiger partial charge in [0.15, 0.2) is 0 Å². The van der Waals surface area contributed by atoms with E-state index in [4.69, 9.17) is 10.5 Å². The van der Waals surface area contributed by atoms with Crippen LogP contribution in [0.5, 0.6) is 0 Å². The molecular weight excluding hydrogens is 462 g/mol. The van der Waals surface area contributed by atoms with Crippen molar-refractivity contribution in [3.63, 3.8) is 0 Å². The molecular formula is C25H31N7O4. The second-order valence-electron chi connectivity index (χ2n) is 9.02. The van der Waals surface area contributed by atoms with Crippen molar-refractivity contribution < 1.29 is 14.3 Å². The minimum atomic E-state index is -0.433. The van der Waals surface area contributed by atoms with E-state index in [0.717, 1.165) is 36.9 Å². The monoisotopic (exact) mass is 493 g/mol. The molecule has 3 heterocycles. The molecule has 11 nitrogen and oxygen atoms in total. The van der Waals surface area contributed by atoms with Crippen molar-refractivity contribution in [2.24, 2.45) is 21.6 Å². The topological polar surface area (TPSA) is 145 Å². The SMILES string of the molecule is Cc1cc(=O)[nH]c2ccc(NC(=O)C3=C(N(C)CC(=O)N=CN)N=CC(CN4CCOCC4)C3)cc12. The summed E-state index contributed by atoms with van der Waals surface area (Å²) in [7, 11) is 1.70. The fraction of sp³-hybridized carbons (Fsp3) is 0.400. The highest BCUT2D eigenvalue weighted by Gasteiger charge is 2.28. The number of benzene rings is 1. The number of aromatic amines is 1. The van der Waals surface area contributed by atoms with Crippen LogP contribution in [0.25, 0.3) is 10.9 Å². The average molecular weight is 494 g/mol. The summed E-state index contributed by atoms with van der Waals surface area (Å²) >= 11 is 0. The van der Waals surface area contributed by atoms with Gasteiger partial charge in [-0.15, -0.1) is 0 Å². The number of morpholine rings is 1. The number of nitrogens with one attached hydrogen (secondary N) is 2. The molecule has 11 heteroatoms. The summed E-state index contributed by atoms with van der Waals surface area (Å²) in [6, 6.07) is 6.87. The van der Waals surface area contributed by atoms with Crippen LogP contribution in [0.4, 0.5) is 5.69 Å². The highest BCUT2D eigenvalue weighted by molar-refractivity contribution is 6.06. The molecule has 1 saturated heterocycles. The molecule has 4 rings (SSSR count). The van der Waals surface area contributed by atoms with E-state index in [2.05, 4.69) is 25.2 Å². The van der Waals surface area contributed by atoms with Crippen LogP contribution in [0, 0.1) is 12.8 Å². The lowest BCUT2D eigenvalue weighted by atomic mass is 9.96. The number of likely N-dealkylation sites (N-methyl/N-ethyl adjacent to an activating group) is 1. The number of amides is 2. The fourth-order valence-electron chi connectivity index (χ4n) is 4.52. The van der Waals surface area contributed by atoms with Gasteiger partial charge in [0.2, 0.25) is 5.56 Å². The molecule has 36 heavy (non-hydrogen) atoms. The zero-order valence-electron chi connectivity index (χ0n) is 20.5. The smallest absolute Gasteiger partial charge is 0.266 e. The number of ether oxygens (including phenoxy) is 1. The van der Waals surface area contributed by atoms with Crippen LogP contribution < -0.4 is 16.6 Å². The molecule has 2 amide bonds. The molecule has 2 aromatic rings. The summed E-state index contributed by atoms with van der Waals surface area (Å²) in [5.74, 6) is -0.260. The molecule has 1 atom stereocenters. The normalized spacial score (nSPS) is 18.7. The van der Waals surface area contributed by atoms with E-state index in [1.807, 2.05) is 19.2 Å². The van der Waals surface area contributed by atoms with Crippen molar-refractivity contribution in [2.45, 2.75) is 13.3 Å². The zero-order valence-corrected chi connectivity index (χ0v) is 20.5. The Hall–Kier alpha value is -3.83. The Morgan fingerprint density at radius 1 is 1.33 bits per heavy atom. The molecule has 0 spiro atoms. The van der Waals surface area contributed by atoms with Gasteiger partial charge >= 0.3 is 0 Å². The van der Waals surface area contributed by atoms with Gasteiger partial charge in [0.1, 0.15) is 12.4 Å². The standard InChI is InChI=1S/C25H31N7O4/c1-16-9-22(33)30-21-4-3-18(11-19(16)21)29-25(35)20-10-17(13-32-5-7-36-8-6-32)12-27-24(20)31(2)14-23(34)28-15-26/h3-4,9,11-12,15,17H,5-8,10,13-14H2,1-2H3,(H,29,35)(H,30,33)(H2,26,28,34). The van der Waals surface area contributed by atoms with Crippen LogP contribution in [-0.2, 0) is 14.3 Å². The number of H-pyrrole nitrogens is 1. The number of hydrogen-bond donors (Lipinski definition) is 3. The zero-order chi connectivity index (χ0) is 25.7. The Morgan fingerprint density at radius 3 is 2.86 bits per heavy atom. The van der Waals surface area contributed by atoms with Crippen LogP contribution >= 0.6 is 0 Å². The predicted molar refractivity (Wildman–Crippen MR) is 139 cm³/mol. The van der Waals surface area contributed by atoms with Crippen LogP contribution in [0.3, 0.4) is 0 Å². The Balaban J connectivity index is 1.58. The van der Waals surface area contributed by atoms with E-state index in [1.165, 1.54) is 6.07 Å². The maximum absolute atomic E-state index is 13.5. The quantitative estimate of drug-likeness (QED) is 0.383. The maximum atomic E-state index is 13.5. The summed E-state index contributed by atoms with van der Waals surface area (Å²) in [6.07, 6.45) is 3.28. The summed E-state index contributed by atoms with van der Waals surface area (Å²) in [5.41, 5.74) is 7.67. The summed E-state index contributed by atoms with van der Waals surface area (Å²) in [5, 5.41) is 3.82. The van der Waals surface area contributed by atoms with Crippen molar-refractivity contribution in [1.82, 2.24) is 14.8 Å². The number of carbonyl (C=O) groups excluding carboxylic acids is 2. The molecule has 2 aliphatic rings. The molecule has 0 bridgehead atoms. The number of pyridine rings is 1. The largest absolute Gasteiger partial charge is 0.390 e. The Kier molecular flexibility index (Phi) is 7.91. The van der Waals surface area contributed by atoms with Gasteiger partial charge in [-0.2, -0.15) is 0 Å². The second-order valence-corrected chi connectivity index (χ2v) is 9.02. The first kappa shape index (κ1) is 25.3. The van der Waals surface area contributed by atoms with Gasteiger partial charge in [-0.05, 0) is 37.1 Å². The molecule has 1 unspecified atom stereocenters. The number of rotatable bonds is 7. The third-order valence-corrected chi connectivity index (χ3v) is 6.27. The van der Waals surface area contributed by atoms with Gasteiger partial charge in [-0.3, -0.25) is 19.3 Å². The highest BCUT2D eigenvalue weighted by atomic mass is 16.5. The minimum absolute atomic E-state index is 0.0442. The Labute approximate surface area is 208 Å². The van der Waals surface area contributed by atoms with Gasteiger partial charge in [0, 0.05) is 61.5 Å². The van der Waals surface area contributed by atoms with Gasteiger partial charge in [-0.1, -0.05) is 0 Å². The average Bonchev–Trinajstić information content (AvgIpc) is 2.85. The Morgan fingerprint density at radius 2 is 2.11 bits per heavy atom. The number of anilines is 1. The number of fused-ring (bicyclic) bond motifs is 1. The number of aryl methyl sites for hydroxylation is 1. The lowest BCUT2D eigenvalue weighted by molar-refractivity contribution is -0.118. The van der Waals surface area contributed by atoms with Crippen LogP contribution in [-0.4, -0.2) is 85.6 Å². The van der Waals surface area contributed by atoms with E-state index in [0.29, 0.717) is 42.2 Å². The van der Waals surface area contributed by atoms with Gasteiger partial charge in [0.05, 0.1) is 25.1 Å². The van der Waals surface area contributed by atoms with Crippen molar-refractivity contribution in [3.05, 3.63) is 51.6 Å². The number of aromatic nitrogens is 1. The van der Waals surface area contributed by atoms with E-state index < -0.39 is 5.91 Å². The van der Waals surface area contributed by atoms with Crippen molar-refractivity contribution >= 4 is 41.0 Å². The van der Waals surface area contributed by atoms with Gasteiger partial charge < -0.3 is 25.7 Å². The lowest BCUT2D eigenvalue weighted by Gasteiger charge is -2.32. The molecule has 2 aliphatic heterocycles. The molecule has 1 fully saturated rings. The van der Waals surface area contributed by atoms with E-state index in [9.17, 15) is 14.4 Å². The molecule has 1 aromatic carbocycles. The van der Waals surface area contributed by atoms with Crippen molar-refractivity contribution in [1.29, 1.82) is 0 Å². The number of aliphatic imine (C=N–C) groups is 2. The van der Waals surface area contributed by atoms with Crippen LogP contribution in [0.2, 0.25) is 0 Å². The number of nitrogens with zero attached hydrogens (tertiary/aromatic N) is 4. The molecule has 0 radical (unpaired) electrons. The molecule has 0 aliphatic carbocycles. The molecule has 0 saturated carbocycles. The number of hydrogen-bond acceptors (Lipinski definition) is 7. The highest BCUT2D eigenvalue weighted by Crippen LogP contribution is 2.26. The summed E-state index contributed by atoms with van der Waals surface area (Å²) in [6.45, 7) is 5.62. The molecule has 4 N–H and O–H groups in total. The Bertz CT molecular complexity index is 1290. The van der Waals surface area contributed by atoms with Gasteiger partial charge in [0.25, 0.3) is 11.8 Å². The predicted octanol–water partition coefficient (Wildman–Crippen LogP) is 0.855. The van der Waals surface area contributed by atoms with E-state index in [-0.39, 0.29) is 23.9 Å². The third kappa shape index (κ3) is 6.04. The van der Waals surface area contributed by atoms with Gasteiger partial charge in [-0.25, -0.2) is 9.98 Å². The van der Waals surface area contributed by atoms with Crippen molar-refractivity contribution in [2.75, 3.05) is 51.8 Å². The minimum Gasteiger partial charge on any atom is -0.390 e. The van der Waals surface area contributed by atoms with Crippen LogP contribution in [0.1, 0.15) is 12.0 Å². The fourth-order valence-corrected chi connectivity index (χ4v) is 4.52. The van der Waals surface area contributed by atoms with E-state index >= 15 is 0 Å². The van der Waals surface area contributed by atoms with Crippen molar-refractivity contribution in [3.8, 4) is 0 Å². The second kappa shape index (κ2) is 11.3. The van der Waals surface area contributed by atoms with Crippen LogP contribution in [0.15, 0.2) is 50.4 Å². The molecule has 190 valence electrons. The number of nitrogens with two attached hydrogens (primary N) is 1. The lowest BCUT2D eigenvalue weighted by Crippen LogP contribution is -2.41. The third-order valence-electron chi connectivity index (χ3n) is 6.27. The summed E-state index contributed by atoms with van der Waals surface area (Å²) < 4.78 is 5.44.